The normalized spacial score (nSPS) is 26.1. The van der Waals surface area contributed by atoms with Crippen LogP contribution in [0.25, 0.3) is 0 Å². The first-order chi connectivity index (χ1) is 9.96. The van der Waals surface area contributed by atoms with Gasteiger partial charge in [-0.1, -0.05) is 6.42 Å². The summed E-state index contributed by atoms with van der Waals surface area (Å²) >= 11 is 0. The number of sulfone groups is 1. The highest BCUT2D eigenvalue weighted by Gasteiger charge is 2.31. The molecule has 1 amide bonds. The lowest BCUT2D eigenvalue weighted by molar-refractivity contribution is -0.122. The molecular formula is C14H27N3O3S. The number of piperidine rings is 1. The summed E-state index contributed by atoms with van der Waals surface area (Å²) in [7, 11) is -1.06. The Morgan fingerprint density at radius 1 is 1.29 bits per heavy atom. The van der Waals surface area contributed by atoms with Gasteiger partial charge < -0.3 is 10.2 Å². The number of likely N-dealkylation sites (N-methyl/N-ethyl adjacent to an activating group) is 1. The fraction of sp³-hybridized carbons (Fsp3) is 0.929. The van der Waals surface area contributed by atoms with Gasteiger partial charge in [0.25, 0.3) is 0 Å². The van der Waals surface area contributed by atoms with E-state index in [0.717, 1.165) is 19.6 Å². The van der Waals surface area contributed by atoms with Crippen LogP contribution >= 0.6 is 0 Å². The van der Waals surface area contributed by atoms with Crippen molar-refractivity contribution in [2.45, 2.75) is 31.7 Å². The molecule has 0 saturated carbocycles. The number of carbonyl (C=O) groups is 1. The van der Waals surface area contributed by atoms with Crippen LogP contribution < -0.4 is 5.32 Å². The van der Waals surface area contributed by atoms with Gasteiger partial charge in [0.15, 0.2) is 9.84 Å². The summed E-state index contributed by atoms with van der Waals surface area (Å²) < 4.78 is 22.9. The average Bonchev–Trinajstić information content (AvgIpc) is 2.80. The molecule has 0 aromatic heterocycles. The molecule has 1 atom stereocenters. The van der Waals surface area contributed by atoms with Crippen LogP contribution in [0.4, 0.5) is 0 Å². The Hall–Kier alpha value is -0.660. The van der Waals surface area contributed by atoms with Crippen molar-refractivity contribution >= 4 is 15.7 Å². The Balaban J connectivity index is 1.62. The van der Waals surface area contributed by atoms with Crippen molar-refractivity contribution in [2.75, 3.05) is 51.3 Å². The van der Waals surface area contributed by atoms with E-state index >= 15 is 0 Å². The van der Waals surface area contributed by atoms with Gasteiger partial charge in [0.1, 0.15) is 0 Å². The van der Waals surface area contributed by atoms with Crippen molar-refractivity contribution in [3.8, 4) is 0 Å². The summed E-state index contributed by atoms with van der Waals surface area (Å²) in [4.78, 5) is 16.1. The predicted molar refractivity (Wildman–Crippen MR) is 83.0 cm³/mol. The molecule has 1 N–H and O–H groups in total. The minimum absolute atomic E-state index is 0.0113. The highest BCUT2D eigenvalue weighted by molar-refractivity contribution is 7.91. The number of nitrogens with one attached hydrogen (secondary N) is 1. The van der Waals surface area contributed by atoms with Crippen molar-refractivity contribution in [1.82, 2.24) is 15.1 Å². The number of carbonyl (C=O) groups excluding carboxylic acids is 1. The minimum atomic E-state index is -2.89. The second kappa shape index (κ2) is 7.56. The van der Waals surface area contributed by atoms with Crippen LogP contribution in [-0.4, -0.2) is 81.4 Å². The van der Waals surface area contributed by atoms with Gasteiger partial charge in [-0.3, -0.25) is 9.69 Å². The number of amides is 1. The summed E-state index contributed by atoms with van der Waals surface area (Å²) in [5.74, 6) is 0.419. The van der Waals surface area contributed by atoms with Crippen molar-refractivity contribution in [2.24, 2.45) is 0 Å². The first kappa shape index (κ1) is 16.7. The van der Waals surface area contributed by atoms with Gasteiger partial charge in [0, 0.05) is 19.1 Å². The molecule has 2 aliphatic heterocycles. The van der Waals surface area contributed by atoms with Gasteiger partial charge in [0.05, 0.1) is 18.1 Å². The Morgan fingerprint density at radius 3 is 2.62 bits per heavy atom. The van der Waals surface area contributed by atoms with Gasteiger partial charge in [-0.25, -0.2) is 8.42 Å². The monoisotopic (exact) mass is 317 g/mol. The summed E-state index contributed by atoms with van der Waals surface area (Å²) in [5, 5.41) is 2.93. The van der Waals surface area contributed by atoms with Crippen LogP contribution in [0.5, 0.6) is 0 Å². The highest BCUT2D eigenvalue weighted by Crippen LogP contribution is 2.16. The lowest BCUT2D eigenvalue weighted by Gasteiger charge is -2.26. The molecule has 6 nitrogen and oxygen atoms in total. The highest BCUT2D eigenvalue weighted by atomic mass is 32.2. The smallest absolute Gasteiger partial charge is 0.234 e. The van der Waals surface area contributed by atoms with Crippen LogP contribution in [0.15, 0.2) is 0 Å². The van der Waals surface area contributed by atoms with Crippen molar-refractivity contribution < 1.29 is 13.2 Å². The number of likely N-dealkylation sites (tertiary alicyclic amines) is 1. The van der Waals surface area contributed by atoms with Crippen molar-refractivity contribution in [1.29, 1.82) is 0 Å². The second-order valence-corrected chi connectivity index (χ2v) is 8.45. The van der Waals surface area contributed by atoms with Crippen LogP contribution in [0, 0.1) is 0 Å². The Kier molecular flexibility index (Phi) is 6.01. The molecule has 0 aromatic rings. The molecule has 21 heavy (non-hydrogen) atoms. The predicted octanol–water partition coefficient (Wildman–Crippen LogP) is -0.293. The zero-order valence-electron chi connectivity index (χ0n) is 12.9. The van der Waals surface area contributed by atoms with E-state index in [1.165, 1.54) is 19.3 Å². The van der Waals surface area contributed by atoms with E-state index in [2.05, 4.69) is 10.2 Å². The third-order valence-electron chi connectivity index (χ3n) is 4.42. The number of hydrogen-bond acceptors (Lipinski definition) is 5. The SMILES string of the molecule is CN(CC(=O)NCCN1CCCCC1)C1CCS(=O)(=O)C1. The van der Waals surface area contributed by atoms with Gasteiger partial charge >= 0.3 is 0 Å². The zero-order chi connectivity index (χ0) is 15.3. The standard InChI is InChI=1S/C14H27N3O3S/c1-16(13-5-10-21(19,20)12-13)11-14(18)15-6-9-17-7-3-2-4-8-17/h13H,2-12H2,1H3,(H,15,18). The van der Waals surface area contributed by atoms with Crippen LogP contribution in [0.3, 0.4) is 0 Å². The first-order valence-corrected chi connectivity index (χ1v) is 9.68. The third-order valence-corrected chi connectivity index (χ3v) is 6.17. The summed E-state index contributed by atoms with van der Waals surface area (Å²) in [6.07, 6.45) is 4.47. The van der Waals surface area contributed by atoms with E-state index in [4.69, 9.17) is 0 Å². The molecule has 0 radical (unpaired) electrons. The maximum Gasteiger partial charge on any atom is 0.234 e. The summed E-state index contributed by atoms with van der Waals surface area (Å²) in [6, 6.07) is -0.0113. The Morgan fingerprint density at radius 2 is 2.00 bits per heavy atom. The molecule has 2 heterocycles. The zero-order valence-corrected chi connectivity index (χ0v) is 13.7. The Labute approximate surface area is 127 Å². The van der Waals surface area contributed by atoms with E-state index in [9.17, 15) is 13.2 Å². The largest absolute Gasteiger partial charge is 0.354 e. The number of hydrogen-bond donors (Lipinski definition) is 1. The first-order valence-electron chi connectivity index (χ1n) is 7.86. The molecule has 2 aliphatic rings. The van der Waals surface area contributed by atoms with Gasteiger partial charge in [-0.2, -0.15) is 0 Å². The quantitative estimate of drug-likeness (QED) is 0.729. The second-order valence-electron chi connectivity index (χ2n) is 6.22. The molecule has 2 rings (SSSR count). The summed E-state index contributed by atoms with van der Waals surface area (Å²) in [5.41, 5.74) is 0. The maximum absolute atomic E-state index is 11.9. The van der Waals surface area contributed by atoms with E-state index in [0.29, 0.717) is 13.0 Å². The molecule has 2 saturated heterocycles. The van der Waals surface area contributed by atoms with Gasteiger partial charge in [-0.05, 0) is 39.4 Å². The van der Waals surface area contributed by atoms with Crippen LogP contribution in [0.1, 0.15) is 25.7 Å². The van der Waals surface area contributed by atoms with Gasteiger partial charge in [-0.15, -0.1) is 0 Å². The minimum Gasteiger partial charge on any atom is -0.354 e. The molecular weight excluding hydrogens is 290 g/mol. The van der Waals surface area contributed by atoms with E-state index in [-0.39, 0.29) is 30.0 Å². The van der Waals surface area contributed by atoms with Crippen LogP contribution in [0.2, 0.25) is 0 Å². The lowest BCUT2D eigenvalue weighted by atomic mass is 10.1. The Bertz CT molecular complexity index is 446. The molecule has 1 unspecified atom stereocenters. The molecule has 0 spiro atoms. The summed E-state index contributed by atoms with van der Waals surface area (Å²) in [6.45, 7) is 4.13. The number of nitrogens with zero attached hydrogens (tertiary/aromatic N) is 2. The number of rotatable bonds is 6. The van der Waals surface area contributed by atoms with Gasteiger partial charge in [0.2, 0.25) is 5.91 Å². The average molecular weight is 317 g/mol. The molecule has 0 bridgehead atoms. The molecule has 0 aliphatic carbocycles. The lowest BCUT2D eigenvalue weighted by Crippen LogP contribution is -2.43. The molecule has 2 fully saturated rings. The fourth-order valence-corrected chi connectivity index (χ4v) is 4.88. The molecule has 122 valence electrons. The molecule has 0 aromatic carbocycles. The van der Waals surface area contributed by atoms with E-state index in [1.807, 2.05) is 11.9 Å². The van der Waals surface area contributed by atoms with Crippen molar-refractivity contribution in [3.63, 3.8) is 0 Å². The topological polar surface area (TPSA) is 69.7 Å². The molecule has 7 heteroatoms. The third kappa shape index (κ3) is 5.56. The maximum atomic E-state index is 11.9. The van der Waals surface area contributed by atoms with E-state index in [1.54, 1.807) is 0 Å². The van der Waals surface area contributed by atoms with E-state index < -0.39 is 9.84 Å². The van der Waals surface area contributed by atoms with Crippen LogP contribution in [-0.2, 0) is 14.6 Å². The fourth-order valence-electron chi connectivity index (χ4n) is 3.07. The van der Waals surface area contributed by atoms with Crippen molar-refractivity contribution in [3.05, 3.63) is 0 Å².